The van der Waals surface area contributed by atoms with Crippen LogP contribution in [0.1, 0.15) is 21.8 Å². The highest BCUT2D eigenvalue weighted by Crippen LogP contribution is 2.35. The van der Waals surface area contributed by atoms with Gasteiger partial charge in [-0.05, 0) is 48.0 Å². The monoisotopic (exact) mass is 477 g/mol. The zero-order valence-electron chi connectivity index (χ0n) is 17.5. The number of carbonyl (C=O) groups is 1. The van der Waals surface area contributed by atoms with Crippen LogP contribution in [-0.4, -0.2) is 27.4 Å². The molecule has 0 amide bonds. The highest BCUT2D eigenvalue weighted by atomic mass is 35.5. The molecule has 0 spiro atoms. The minimum atomic E-state index is -0.414. The van der Waals surface area contributed by atoms with Crippen molar-refractivity contribution in [1.82, 2.24) is 14.5 Å². The maximum atomic E-state index is 13.5. The number of benzene rings is 2. The molecule has 5 aromatic rings. The zero-order valence-corrected chi connectivity index (χ0v) is 19.0. The van der Waals surface area contributed by atoms with Crippen LogP contribution in [0.25, 0.3) is 22.2 Å². The normalized spacial score (nSPS) is 11.1. The van der Waals surface area contributed by atoms with Gasteiger partial charge in [0.05, 0.1) is 24.4 Å². The number of ether oxygens (including phenoxy) is 1. The van der Waals surface area contributed by atoms with Gasteiger partial charge >= 0.3 is 0 Å². The summed E-state index contributed by atoms with van der Waals surface area (Å²) in [5.74, 6) is 0.595. The molecule has 0 fully saturated rings. The Morgan fingerprint density at radius 2 is 1.91 bits per heavy atom. The number of fused-ring (bicyclic) bond motifs is 1. The van der Waals surface area contributed by atoms with Crippen molar-refractivity contribution < 1.29 is 13.9 Å². The Kier molecular flexibility index (Phi) is 5.62. The van der Waals surface area contributed by atoms with Gasteiger partial charge in [0.15, 0.2) is 5.76 Å². The summed E-state index contributed by atoms with van der Waals surface area (Å²) in [7, 11) is 1.57. The van der Waals surface area contributed by atoms with Crippen molar-refractivity contribution in [2.75, 3.05) is 7.11 Å². The van der Waals surface area contributed by atoms with Gasteiger partial charge in [-0.1, -0.05) is 35.3 Å². The lowest BCUT2D eigenvalue weighted by Gasteiger charge is -2.08. The van der Waals surface area contributed by atoms with Crippen LogP contribution in [0, 0.1) is 0 Å². The molecule has 0 aliphatic carbocycles. The van der Waals surface area contributed by atoms with Gasteiger partial charge in [0.1, 0.15) is 10.9 Å². The van der Waals surface area contributed by atoms with Crippen molar-refractivity contribution in [1.29, 1.82) is 0 Å². The standard InChI is InChI=1S/C25H17Cl2N3O3/c1-32-18-8-9-20-19(11-18)22(24(27)30(20)14-15-4-6-17(26)7-5-15)23(31)25-29-13-21(33-25)16-3-2-10-28-12-16/h2-13H,14H2,1H3. The molecule has 0 unspecified atom stereocenters. The van der Waals surface area contributed by atoms with Gasteiger partial charge in [-0.3, -0.25) is 9.78 Å². The third kappa shape index (κ3) is 3.99. The van der Waals surface area contributed by atoms with E-state index in [4.69, 9.17) is 32.4 Å². The second-order valence-electron chi connectivity index (χ2n) is 7.36. The molecule has 0 saturated carbocycles. The molecule has 0 atom stereocenters. The van der Waals surface area contributed by atoms with Gasteiger partial charge in [-0.15, -0.1) is 0 Å². The van der Waals surface area contributed by atoms with Gasteiger partial charge in [0.25, 0.3) is 11.7 Å². The Balaban J connectivity index is 1.61. The van der Waals surface area contributed by atoms with Gasteiger partial charge in [-0.2, -0.15) is 0 Å². The SMILES string of the molecule is COc1ccc2c(c1)c(C(=O)c1ncc(-c3cccnc3)o1)c(Cl)n2Cc1ccc(Cl)cc1. The van der Waals surface area contributed by atoms with E-state index in [0.717, 1.165) is 16.6 Å². The summed E-state index contributed by atoms with van der Waals surface area (Å²) in [6.45, 7) is 0.457. The zero-order chi connectivity index (χ0) is 22.9. The number of aromatic nitrogens is 3. The first-order chi connectivity index (χ1) is 16.0. The fraction of sp³-hybridized carbons (Fsp3) is 0.0800. The molecule has 5 rings (SSSR count). The molecule has 0 bridgehead atoms. The summed E-state index contributed by atoms with van der Waals surface area (Å²) in [5, 5.41) is 1.59. The van der Waals surface area contributed by atoms with Crippen molar-refractivity contribution in [3.8, 4) is 17.1 Å². The highest BCUT2D eigenvalue weighted by Gasteiger charge is 2.26. The van der Waals surface area contributed by atoms with E-state index in [0.29, 0.717) is 39.2 Å². The summed E-state index contributed by atoms with van der Waals surface area (Å²) in [4.78, 5) is 21.8. The third-order valence-corrected chi connectivity index (χ3v) is 5.98. The number of ketones is 1. The first-order valence-electron chi connectivity index (χ1n) is 10.1. The van der Waals surface area contributed by atoms with Crippen LogP contribution < -0.4 is 4.74 Å². The first kappa shape index (κ1) is 21.2. The van der Waals surface area contributed by atoms with E-state index in [1.54, 1.807) is 31.6 Å². The van der Waals surface area contributed by atoms with E-state index in [-0.39, 0.29) is 5.89 Å². The minimum absolute atomic E-state index is 0.0517. The quantitative estimate of drug-likeness (QED) is 0.269. The molecular formula is C25H17Cl2N3O3. The molecular weight excluding hydrogens is 461 g/mol. The summed E-state index contributed by atoms with van der Waals surface area (Å²) in [6, 6.07) is 16.6. The number of hydrogen-bond donors (Lipinski definition) is 0. The van der Waals surface area contributed by atoms with E-state index in [1.165, 1.54) is 6.20 Å². The van der Waals surface area contributed by atoms with E-state index in [9.17, 15) is 4.79 Å². The molecule has 0 aliphatic heterocycles. The highest BCUT2D eigenvalue weighted by molar-refractivity contribution is 6.36. The Morgan fingerprint density at radius 3 is 2.64 bits per heavy atom. The number of halogens is 2. The van der Waals surface area contributed by atoms with Crippen LogP contribution in [-0.2, 0) is 6.54 Å². The summed E-state index contributed by atoms with van der Waals surface area (Å²) in [6.07, 6.45) is 4.81. The second kappa shape index (κ2) is 8.73. The minimum Gasteiger partial charge on any atom is -0.497 e. The molecule has 0 saturated heterocycles. The number of nitrogens with zero attached hydrogens (tertiary/aromatic N) is 3. The number of hydrogen-bond acceptors (Lipinski definition) is 5. The van der Waals surface area contributed by atoms with Crippen molar-refractivity contribution in [3.63, 3.8) is 0 Å². The first-order valence-corrected chi connectivity index (χ1v) is 10.8. The predicted octanol–water partition coefficient (Wildman–Crippen LogP) is 6.29. The van der Waals surface area contributed by atoms with Crippen LogP contribution in [0.2, 0.25) is 10.2 Å². The lowest BCUT2D eigenvalue weighted by atomic mass is 10.1. The predicted molar refractivity (Wildman–Crippen MR) is 127 cm³/mol. The van der Waals surface area contributed by atoms with Gasteiger partial charge in [0.2, 0.25) is 0 Å². The maximum Gasteiger partial charge on any atom is 0.268 e. The Hall–Kier alpha value is -3.61. The Morgan fingerprint density at radius 1 is 1.09 bits per heavy atom. The van der Waals surface area contributed by atoms with E-state index in [1.807, 2.05) is 47.0 Å². The van der Waals surface area contributed by atoms with Crippen molar-refractivity contribution in [2.24, 2.45) is 0 Å². The molecule has 2 aromatic carbocycles. The van der Waals surface area contributed by atoms with Gasteiger partial charge < -0.3 is 13.7 Å². The van der Waals surface area contributed by atoms with Crippen molar-refractivity contribution in [3.05, 3.63) is 100 Å². The summed E-state index contributed by atoms with van der Waals surface area (Å²) < 4.78 is 13.0. The molecule has 0 aliphatic rings. The molecule has 33 heavy (non-hydrogen) atoms. The average Bonchev–Trinajstić information content (AvgIpc) is 3.44. The summed E-state index contributed by atoms with van der Waals surface area (Å²) in [5.41, 5.74) is 2.81. The summed E-state index contributed by atoms with van der Waals surface area (Å²) >= 11 is 12.8. The smallest absolute Gasteiger partial charge is 0.268 e. The van der Waals surface area contributed by atoms with Gasteiger partial charge in [-0.25, -0.2) is 4.98 Å². The molecule has 6 nitrogen and oxygen atoms in total. The molecule has 164 valence electrons. The number of rotatable bonds is 6. The number of carbonyl (C=O) groups excluding carboxylic acids is 1. The number of oxazole rings is 1. The molecule has 0 N–H and O–H groups in total. The Labute approximate surface area is 199 Å². The van der Waals surface area contributed by atoms with E-state index < -0.39 is 5.78 Å². The van der Waals surface area contributed by atoms with Crippen LogP contribution in [0.4, 0.5) is 0 Å². The largest absolute Gasteiger partial charge is 0.497 e. The fourth-order valence-corrected chi connectivity index (χ4v) is 4.16. The average molecular weight is 478 g/mol. The van der Waals surface area contributed by atoms with Gasteiger partial charge in [0, 0.05) is 34.9 Å². The van der Waals surface area contributed by atoms with Crippen molar-refractivity contribution >= 4 is 39.9 Å². The number of pyridine rings is 1. The third-order valence-electron chi connectivity index (χ3n) is 5.33. The lowest BCUT2D eigenvalue weighted by molar-refractivity contribution is 0.100. The van der Waals surface area contributed by atoms with Crippen LogP contribution in [0.15, 0.2) is 77.6 Å². The maximum absolute atomic E-state index is 13.5. The Bertz CT molecular complexity index is 1460. The van der Waals surface area contributed by atoms with E-state index in [2.05, 4.69) is 9.97 Å². The lowest BCUT2D eigenvalue weighted by Crippen LogP contribution is -2.04. The fourth-order valence-electron chi connectivity index (χ4n) is 3.70. The molecule has 3 aromatic heterocycles. The second-order valence-corrected chi connectivity index (χ2v) is 8.16. The van der Waals surface area contributed by atoms with Crippen LogP contribution in [0.3, 0.4) is 0 Å². The van der Waals surface area contributed by atoms with Crippen molar-refractivity contribution in [2.45, 2.75) is 6.54 Å². The number of methoxy groups -OCH3 is 1. The molecule has 0 radical (unpaired) electrons. The van der Waals surface area contributed by atoms with E-state index >= 15 is 0 Å². The van der Waals surface area contributed by atoms with Crippen LogP contribution >= 0.6 is 23.2 Å². The molecule has 8 heteroatoms. The molecule has 3 heterocycles. The topological polar surface area (TPSA) is 70.2 Å². The van der Waals surface area contributed by atoms with Crippen LogP contribution in [0.5, 0.6) is 5.75 Å².